The fourth-order valence-corrected chi connectivity index (χ4v) is 1.50. The van der Waals surface area contributed by atoms with Crippen molar-refractivity contribution in [2.45, 2.75) is 26.2 Å². The van der Waals surface area contributed by atoms with Gasteiger partial charge in [-0.05, 0) is 30.0 Å². The standard InChI is InChI=1S/C10H15O3P/c1-3-8(2)9-4-6-10(7-5-9)13-14(11)12/h4-8,11-12H,3H2,1-2H3. The number of hydrogen-bond acceptors (Lipinski definition) is 3. The van der Waals surface area contributed by atoms with Crippen LogP contribution < -0.4 is 4.52 Å². The molecule has 0 amide bonds. The van der Waals surface area contributed by atoms with Gasteiger partial charge in [-0.2, -0.15) is 0 Å². The van der Waals surface area contributed by atoms with Gasteiger partial charge in [0.1, 0.15) is 5.75 Å². The second kappa shape index (κ2) is 5.30. The largest absolute Gasteiger partial charge is 0.427 e. The van der Waals surface area contributed by atoms with Crippen molar-refractivity contribution >= 4 is 8.60 Å². The summed E-state index contributed by atoms with van der Waals surface area (Å²) in [5.74, 6) is 1.02. The van der Waals surface area contributed by atoms with Crippen LogP contribution in [0.4, 0.5) is 0 Å². The minimum absolute atomic E-state index is 0.494. The fourth-order valence-electron chi connectivity index (χ4n) is 1.19. The minimum atomic E-state index is -2.31. The Morgan fingerprint density at radius 2 is 1.86 bits per heavy atom. The molecule has 1 unspecified atom stereocenters. The van der Waals surface area contributed by atoms with Crippen LogP contribution in [0.15, 0.2) is 24.3 Å². The first-order valence-corrected chi connectivity index (χ1v) is 5.75. The zero-order valence-electron chi connectivity index (χ0n) is 8.34. The molecule has 0 aliphatic rings. The molecule has 0 aliphatic heterocycles. The van der Waals surface area contributed by atoms with Crippen LogP contribution in [0.1, 0.15) is 31.7 Å². The van der Waals surface area contributed by atoms with Crippen LogP contribution in [0.2, 0.25) is 0 Å². The van der Waals surface area contributed by atoms with Crippen LogP contribution in [0, 0.1) is 0 Å². The molecule has 0 saturated carbocycles. The molecule has 1 aromatic rings. The van der Waals surface area contributed by atoms with Crippen molar-refractivity contribution in [3.8, 4) is 5.75 Å². The van der Waals surface area contributed by atoms with Gasteiger partial charge in [0.2, 0.25) is 0 Å². The number of rotatable bonds is 4. The van der Waals surface area contributed by atoms with Crippen molar-refractivity contribution in [2.75, 3.05) is 0 Å². The molecule has 0 aliphatic carbocycles. The summed E-state index contributed by atoms with van der Waals surface area (Å²) < 4.78 is 4.76. The lowest BCUT2D eigenvalue weighted by Gasteiger charge is -2.10. The van der Waals surface area contributed by atoms with Crippen LogP contribution in [-0.4, -0.2) is 9.79 Å². The quantitative estimate of drug-likeness (QED) is 0.757. The molecular weight excluding hydrogens is 199 g/mol. The van der Waals surface area contributed by atoms with E-state index in [1.165, 1.54) is 5.56 Å². The SMILES string of the molecule is CCC(C)c1ccc(OP(O)O)cc1. The van der Waals surface area contributed by atoms with Gasteiger partial charge in [-0.15, -0.1) is 0 Å². The van der Waals surface area contributed by atoms with E-state index in [1.807, 2.05) is 12.1 Å². The molecule has 2 N–H and O–H groups in total. The summed E-state index contributed by atoms with van der Waals surface area (Å²) >= 11 is 0. The Bertz CT molecular complexity index is 271. The molecule has 0 radical (unpaired) electrons. The highest BCUT2D eigenvalue weighted by Crippen LogP contribution is 2.30. The van der Waals surface area contributed by atoms with Crippen molar-refractivity contribution in [3.05, 3.63) is 29.8 Å². The van der Waals surface area contributed by atoms with Gasteiger partial charge < -0.3 is 14.3 Å². The number of hydrogen-bond donors (Lipinski definition) is 2. The van der Waals surface area contributed by atoms with E-state index in [0.29, 0.717) is 11.7 Å². The lowest BCUT2D eigenvalue weighted by Crippen LogP contribution is -1.91. The zero-order chi connectivity index (χ0) is 10.6. The van der Waals surface area contributed by atoms with E-state index in [0.717, 1.165) is 6.42 Å². The van der Waals surface area contributed by atoms with Gasteiger partial charge in [0, 0.05) is 0 Å². The predicted octanol–water partition coefficient (Wildman–Crippen LogP) is 2.79. The lowest BCUT2D eigenvalue weighted by atomic mass is 9.99. The van der Waals surface area contributed by atoms with Gasteiger partial charge in [-0.3, -0.25) is 0 Å². The summed E-state index contributed by atoms with van der Waals surface area (Å²) in [6.07, 6.45) is 1.09. The second-order valence-corrected chi connectivity index (χ2v) is 3.91. The highest BCUT2D eigenvalue weighted by atomic mass is 31.2. The molecule has 0 heterocycles. The molecule has 0 saturated heterocycles. The molecule has 4 heteroatoms. The summed E-state index contributed by atoms with van der Waals surface area (Å²) in [5.41, 5.74) is 1.24. The molecule has 0 spiro atoms. The highest BCUT2D eigenvalue weighted by molar-refractivity contribution is 7.39. The second-order valence-electron chi connectivity index (χ2n) is 3.22. The van der Waals surface area contributed by atoms with Crippen molar-refractivity contribution < 1.29 is 14.3 Å². The van der Waals surface area contributed by atoms with Crippen LogP contribution in [0.3, 0.4) is 0 Å². The fraction of sp³-hybridized carbons (Fsp3) is 0.400. The van der Waals surface area contributed by atoms with Gasteiger partial charge in [0.05, 0.1) is 0 Å². The summed E-state index contributed by atoms with van der Waals surface area (Å²) in [4.78, 5) is 17.3. The Kier molecular flexibility index (Phi) is 4.33. The first kappa shape index (κ1) is 11.4. The summed E-state index contributed by atoms with van der Waals surface area (Å²) in [6, 6.07) is 7.40. The van der Waals surface area contributed by atoms with Gasteiger partial charge >= 0.3 is 8.60 Å². The number of benzene rings is 1. The van der Waals surface area contributed by atoms with E-state index in [-0.39, 0.29) is 0 Å². The molecule has 0 fully saturated rings. The summed E-state index contributed by atoms with van der Waals surface area (Å²) in [7, 11) is -2.31. The Balaban J connectivity index is 2.68. The smallest absolute Gasteiger partial charge is 0.391 e. The van der Waals surface area contributed by atoms with E-state index in [9.17, 15) is 0 Å². The lowest BCUT2D eigenvalue weighted by molar-refractivity contribution is 0.375. The molecule has 0 aromatic heterocycles. The van der Waals surface area contributed by atoms with Crippen LogP contribution in [-0.2, 0) is 0 Å². The van der Waals surface area contributed by atoms with Crippen LogP contribution in [0.5, 0.6) is 5.75 Å². The average Bonchev–Trinajstić information content (AvgIpc) is 2.17. The first-order valence-electron chi connectivity index (χ1n) is 4.59. The summed E-state index contributed by atoms with van der Waals surface area (Å²) in [5, 5.41) is 0. The van der Waals surface area contributed by atoms with E-state index < -0.39 is 8.60 Å². The minimum Gasteiger partial charge on any atom is -0.427 e. The van der Waals surface area contributed by atoms with E-state index in [4.69, 9.17) is 14.3 Å². The zero-order valence-corrected chi connectivity index (χ0v) is 9.24. The van der Waals surface area contributed by atoms with E-state index >= 15 is 0 Å². The summed E-state index contributed by atoms with van der Waals surface area (Å²) in [6.45, 7) is 4.29. The maximum Gasteiger partial charge on any atom is 0.391 e. The Hall–Kier alpha value is -0.630. The predicted molar refractivity (Wildman–Crippen MR) is 57.1 cm³/mol. The monoisotopic (exact) mass is 214 g/mol. The van der Waals surface area contributed by atoms with Gasteiger partial charge in [0.15, 0.2) is 0 Å². The maximum atomic E-state index is 8.63. The normalized spacial score (nSPS) is 12.9. The Labute approximate surface area is 85.4 Å². The molecule has 78 valence electrons. The highest BCUT2D eigenvalue weighted by Gasteiger charge is 2.05. The van der Waals surface area contributed by atoms with E-state index in [2.05, 4.69) is 13.8 Å². The third-order valence-corrected chi connectivity index (χ3v) is 2.62. The van der Waals surface area contributed by atoms with Crippen LogP contribution in [0.25, 0.3) is 0 Å². The molecule has 14 heavy (non-hydrogen) atoms. The Morgan fingerprint density at radius 3 is 2.29 bits per heavy atom. The van der Waals surface area contributed by atoms with Crippen molar-refractivity contribution in [1.29, 1.82) is 0 Å². The third-order valence-electron chi connectivity index (χ3n) is 2.25. The van der Waals surface area contributed by atoms with Crippen LogP contribution >= 0.6 is 8.60 Å². The third kappa shape index (κ3) is 3.26. The topological polar surface area (TPSA) is 49.7 Å². The first-order chi connectivity index (χ1) is 6.63. The van der Waals surface area contributed by atoms with Gasteiger partial charge in [-0.1, -0.05) is 26.0 Å². The van der Waals surface area contributed by atoms with Gasteiger partial charge in [-0.25, -0.2) is 0 Å². The molecule has 1 atom stereocenters. The molecule has 1 rings (SSSR count). The molecule has 0 bridgehead atoms. The molecule has 3 nitrogen and oxygen atoms in total. The van der Waals surface area contributed by atoms with E-state index in [1.54, 1.807) is 12.1 Å². The average molecular weight is 214 g/mol. The van der Waals surface area contributed by atoms with Crippen molar-refractivity contribution in [1.82, 2.24) is 0 Å². The van der Waals surface area contributed by atoms with Crippen molar-refractivity contribution in [2.24, 2.45) is 0 Å². The maximum absolute atomic E-state index is 8.63. The Morgan fingerprint density at radius 1 is 1.29 bits per heavy atom. The molecule has 1 aromatic carbocycles. The van der Waals surface area contributed by atoms with Crippen molar-refractivity contribution in [3.63, 3.8) is 0 Å². The molecular formula is C10H15O3P. The van der Waals surface area contributed by atoms with Gasteiger partial charge in [0.25, 0.3) is 0 Å².